The van der Waals surface area contributed by atoms with Crippen molar-refractivity contribution in [2.45, 2.75) is 46.6 Å². The van der Waals surface area contributed by atoms with Gasteiger partial charge in [-0.3, -0.25) is 14.5 Å². The molecule has 0 unspecified atom stereocenters. The maximum atomic E-state index is 13.0. The number of nitrogens with one attached hydrogen (secondary N) is 1. The van der Waals surface area contributed by atoms with Crippen LogP contribution in [0, 0.1) is 5.92 Å². The minimum Gasteiger partial charge on any atom is -0.341 e. The molecule has 4 rings (SSSR count). The van der Waals surface area contributed by atoms with E-state index in [1.807, 2.05) is 30.2 Å². The Morgan fingerprint density at radius 2 is 2.00 bits per heavy atom. The number of carbonyl (C=O) groups is 2. The summed E-state index contributed by atoms with van der Waals surface area (Å²) in [6.07, 6.45) is 6.86. The number of rotatable bonds is 5. The van der Waals surface area contributed by atoms with Crippen molar-refractivity contribution in [3.8, 4) is 0 Å². The average molecular weight is 439 g/mol. The van der Waals surface area contributed by atoms with Gasteiger partial charge in [0.2, 0.25) is 5.91 Å². The van der Waals surface area contributed by atoms with Gasteiger partial charge in [0.05, 0.1) is 5.52 Å². The van der Waals surface area contributed by atoms with Crippen LogP contribution < -0.4 is 5.32 Å². The summed E-state index contributed by atoms with van der Waals surface area (Å²) in [6.45, 7) is 8.79. The summed E-state index contributed by atoms with van der Waals surface area (Å²) in [5.41, 5.74) is 3.65. The zero-order chi connectivity index (χ0) is 22.1. The van der Waals surface area contributed by atoms with Crippen LogP contribution in [0.3, 0.4) is 0 Å². The van der Waals surface area contributed by atoms with E-state index >= 15 is 0 Å². The number of hydrogen-bond donors (Lipinski definition) is 1. The molecule has 2 fully saturated rings. The van der Waals surface area contributed by atoms with Gasteiger partial charge in [-0.1, -0.05) is 32.0 Å². The lowest BCUT2D eigenvalue weighted by Gasteiger charge is -2.30. The maximum absolute atomic E-state index is 13.0. The molecule has 0 bridgehead atoms. The molecule has 164 valence electrons. The number of fused-ring (bicyclic) bond motifs is 1. The summed E-state index contributed by atoms with van der Waals surface area (Å²) in [5.74, 6) is 0.729. The van der Waals surface area contributed by atoms with Crippen LogP contribution in [0.2, 0.25) is 0 Å². The van der Waals surface area contributed by atoms with E-state index in [9.17, 15) is 9.59 Å². The monoisotopic (exact) mass is 438 g/mol. The fourth-order valence-electron chi connectivity index (χ4n) is 4.51. The standard InChI is InChI=1S/C24H30N4O2S/c1-4-17-7-6-8-19-18(13-20-23(30)28(5-2)24(31)25-20)14-27(22(17)19)15-21(29)26-11-9-16(3)10-12-26/h6-8,13-14,16H,4-5,9-12,15H2,1-3H3,(H,25,31)/b20-13-. The second-order valence-corrected chi connectivity index (χ2v) is 8.87. The largest absolute Gasteiger partial charge is 0.341 e. The number of thiocarbonyl (C=S) groups is 1. The number of likely N-dealkylation sites (N-methyl/N-ethyl adjacent to an activating group) is 1. The first-order valence-electron chi connectivity index (χ1n) is 11.2. The Kier molecular flexibility index (Phi) is 6.14. The number of carbonyl (C=O) groups excluding carboxylic acids is 2. The summed E-state index contributed by atoms with van der Waals surface area (Å²) in [6, 6.07) is 6.20. The maximum Gasteiger partial charge on any atom is 0.276 e. The summed E-state index contributed by atoms with van der Waals surface area (Å²) < 4.78 is 2.05. The number of piperidine rings is 1. The smallest absolute Gasteiger partial charge is 0.276 e. The van der Waals surface area contributed by atoms with Gasteiger partial charge in [0, 0.05) is 36.8 Å². The number of para-hydroxylation sites is 1. The molecule has 31 heavy (non-hydrogen) atoms. The zero-order valence-corrected chi connectivity index (χ0v) is 19.3. The first-order valence-corrected chi connectivity index (χ1v) is 11.6. The minimum absolute atomic E-state index is 0.112. The van der Waals surface area contributed by atoms with Crippen molar-refractivity contribution in [1.82, 2.24) is 19.7 Å². The molecule has 0 saturated carbocycles. The number of benzene rings is 1. The molecule has 6 nitrogen and oxygen atoms in total. The molecule has 0 aliphatic carbocycles. The predicted octanol–water partition coefficient (Wildman–Crippen LogP) is 3.54. The van der Waals surface area contributed by atoms with Gasteiger partial charge in [-0.15, -0.1) is 0 Å². The summed E-state index contributed by atoms with van der Waals surface area (Å²) in [5, 5.41) is 4.52. The predicted molar refractivity (Wildman–Crippen MR) is 127 cm³/mol. The van der Waals surface area contributed by atoms with Gasteiger partial charge in [-0.25, -0.2) is 0 Å². The summed E-state index contributed by atoms with van der Waals surface area (Å²) in [7, 11) is 0. The van der Waals surface area contributed by atoms with E-state index in [4.69, 9.17) is 12.2 Å². The number of aromatic nitrogens is 1. The lowest BCUT2D eigenvalue weighted by molar-refractivity contribution is -0.133. The van der Waals surface area contributed by atoms with Gasteiger partial charge in [-0.2, -0.15) is 0 Å². The molecular formula is C24H30N4O2S. The third-order valence-corrected chi connectivity index (χ3v) is 6.74. The Labute approximate surface area is 188 Å². The highest BCUT2D eigenvalue weighted by atomic mass is 32.1. The molecule has 2 aliphatic heterocycles. The normalized spacial score (nSPS) is 19.0. The van der Waals surface area contributed by atoms with Crippen molar-refractivity contribution in [2.24, 2.45) is 5.92 Å². The van der Waals surface area contributed by atoms with E-state index in [1.165, 1.54) is 5.56 Å². The van der Waals surface area contributed by atoms with Crippen molar-refractivity contribution < 1.29 is 9.59 Å². The van der Waals surface area contributed by atoms with E-state index < -0.39 is 0 Å². The molecule has 3 heterocycles. The van der Waals surface area contributed by atoms with Gasteiger partial charge in [-0.05, 0) is 56.0 Å². The van der Waals surface area contributed by atoms with E-state index in [0.29, 0.717) is 29.8 Å². The Hall–Kier alpha value is -2.67. The Bertz CT molecular complexity index is 1060. The summed E-state index contributed by atoms with van der Waals surface area (Å²) in [4.78, 5) is 29.3. The van der Waals surface area contributed by atoms with Crippen molar-refractivity contribution in [2.75, 3.05) is 19.6 Å². The highest BCUT2D eigenvalue weighted by Crippen LogP contribution is 2.28. The second-order valence-electron chi connectivity index (χ2n) is 8.48. The zero-order valence-electron chi connectivity index (χ0n) is 18.5. The van der Waals surface area contributed by atoms with Gasteiger partial charge in [0.1, 0.15) is 12.2 Å². The molecule has 7 heteroatoms. The molecule has 1 N–H and O–H groups in total. The van der Waals surface area contributed by atoms with Crippen LogP contribution in [-0.2, 0) is 22.6 Å². The number of amides is 2. The first kappa shape index (κ1) is 21.6. The summed E-state index contributed by atoms with van der Waals surface area (Å²) >= 11 is 5.29. The molecular weight excluding hydrogens is 408 g/mol. The molecule has 0 atom stereocenters. The molecule has 1 aromatic heterocycles. The van der Waals surface area contributed by atoms with E-state index in [2.05, 4.69) is 35.9 Å². The van der Waals surface area contributed by atoms with Crippen LogP contribution in [0.4, 0.5) is 0 Å². The Morgan fingerprint density at radius 3 is 2.65 bits per heavy atom. The van der Waals surface area contributed by atoms with Crippen LogP contribution in [0.5, 0.6) is 0 Å². The first-order chi connectivity index (χ1) is 14.9. The second kappa shape index (κ2) is 8.83. The topological polar surface area (TPSA) is 57.6 Å². The lowest BCUT2D eigenvalue weighted by atomic mass is 9.99. The molecule has 2 aliphatic rings. The minimum atomic E-state index is -0.112. The van der Waals surface area contributed by atoms with Crippen molar-refractivity contribution in [3.63, 3.8) is 0 Å². The molecule has 0 radical (unpaired) electrons. The quantitative estimate of drug-likeness (QED) is 0.573. The number of nitrogens with zero attached hydrogens (tertiary/aromatic N) is 3. The number of likely N-dealkylation sites (tertiary alicyclic amines) is 1. The van der Waals surface area contributed by atoms with Crippen LogP contribution in [0.25, 0.3) is 17.0 Å². The Balaban J connectivity index is 1.70. The SMILES string of the molecule is CCc1cccc2c(/C=C3\NC(=S)N(CC)C3=O)cn(CC(=O)N3CCC(C)CC3)c12. The molecule has 2 saturated heterocycles. The van der Waals surface area contributed by atoms with Crippen LogP contribution in [0.15, 0.2) is 30.1 Å². The lowest BCUT2D eigenvalue weighted by Crippen LogP contribution is -2.39. The fraction of sp³-hybridized carbons (Fsp3) is 0.458. The van der Waals surface area contributed by atoms with Gasteiger partial charge in [0.15, 0.2) is 5.11 Å². The van der Waals surface area contributed by atoms with E-state index in [0.717, 1.165) is 48.8 Å². The third kappa shape index (κ3) is 4.11. The van der Waals surface area contributed by atoms with Crippen molar-refractivity contribution in [1.29, 1.82) is 0 Å². The number of hydrogen-bond acceptors (Lipinski definition) is 3. The average Bonchev–Trinajstić information content (AvgIpc) is 3.24. The molecule has 2 aromatic rings. The van der Waals surface area contributed by atoms with Gasteiger partial charge in [0.25, 0.3) is 5.91 Å². The van der Waals surface area contributed by atoms with Crippen molar-refractivity contribution >= 4 is 46.1 Å². The number of aryl methyl sites for hydroxylation is 1. The van der Waals surface area contributed by atoms with Crippen LogP contribution >= 0.6 is 12.2 Å². The highest BCUT2D eigenvalue weighted by molar-refractivity contribution is 7.80. The van der Waals surface area contributed by atoms with Crippen molar-refractivity contribution in [3.05, 3.63) is 41.2 Å². The highest BCUT2D eigenvalue weighted by Gasteiger charge is 2.29. The molecule has 2 amide bonds. The van der Waals surface area contributed by atoms with Gasteiger partial charge >= 0.3 is 0 Å². The molecule has 1 aromatic carbocycles. The third-order valence-electron chi connectivity index (χ3n) is 6.41. The Morgan fingerprint density at radius 1 is 1.26 bits per heavy atom. The van der Waals surface area contributed by atoms with Crippen LogP contribution in [-0.4, -0.2) is 50.9 Å². The van der Waals surface area contributed by atoms with E-state index in [-0.39, 0.29) is 11.8 Å². The molecule has 0 spiro atoms. The van der Waals surface area contributed by atoms with Crippen LogP contribution in [0.1, 0.15) is 44.7 Å². The van der Waals surface area contributed by atoms with E-state index in [1.54, 1.807) is 4.90 Å². The fourth-order valence-corrected chi connectivity index (χ4v) is 4.83. The van der Waals surface area contributed by atoms with Gasteiger partial charge < -0.3 is 14.8 Å².